The van der Waals surface area contributed by atoms with Crippen molar-refractivity contribution in [2.45, 2.75) is 13.0 Å². The maximum atomic E-state index is 13.2. The van der Waals surface area contributed by atoms with Gasteiger partial charge in [-0.05, 0) is 31.2 Å². The zero-order chi connectivity index (χ0) is 20.2. The monoisotopic (exact) mass is 398 g/mol. The molecular formula is C17H16F2N2O5S. The summed E-state index contributed by atoms with van der Waals surface area (Å²) in [5, 5.41) is 2.29. The van der Waals surface area contributed by atoms with E-state index in [0.29, 0.717) is 0 Å². The lowest BCUT2D eigenvalue weighted by Crippen LogP contribution is -2.30. The van der Waals surface area contributed by atoms with E-state index in [0.717, 1.165) is 24.5 Å². The third-order valence-corrected chi connectivity index (χ3v) is 3.87. The molecule has 1 atom stereocenters. The van der Waals surface area contributed by atoms with E-state index >= 15 is 0 Å². The second-order valence-electron chi connectivity index (χ2n) is 5.59. The molecule has 0 aliphatic rings. The zero-order valence-corrected chi connectivity index (χ0v) is 15.1. The lowest BCUT2D eigenvalue weighted by molar-refractivity contribution is -0.123. The van der Waals surface area contributed by atoms with E-state index in [2.05, 4.69) is 10.0 Å². The van der Waals surface area contributed by atoms with Crippen molar-refractivity contribution >= 4 is 33.3 Å². The summed E-state index contributed by atoms with van der Waals surface area (Å²) in [7, 11) is -3.63. The van der Waals surface area contributed by atoms with Gasteiger partial charge in [0.15, 0.2) is 17.7 Å². The predicted octanol–water partition coefficient (Wildman–Crippen LogP) is 2.52. The summed E-state index contributed by atoms with van der Waals surface area (Å²) in [6.45, 7) is 1.28. The number of anilines is 2. The molecule has 0 aromatic heterocycles. The van der Waals surface area contributed by atoms with Gasteiger partial charge in [-0.25, -0.2) is 22.0 Å². The standard InChI is InChI=1S/C17H16F2N2O5S/c1-10(16(22)20-11-7-8-13(18)14(19)9-11)26-17(23)12-5-3-4-6-15(12)21-27(2,24)25/h3-10,21H,1-2H3,(H,20,22)/t10-/m0/s1. The first-order chi connectivity index (χ1) is 12.6. The molecule has 144 valence electrons. The van der Waals surface area contributed by atoms with Crippen LogP contribution in [-0.2, 0) is 19.6 Å². The van der Waals surface area contributed by atoms with Crippen LogP contribution in [0.15, 0.2) is 42.5 Å². The van der Waals surface area contributed by atoms with Gasteiger partial charge < -0.3 is 10.1 Å². The highest BCUT2D eigenvalue weighted by Crippen LogP contribution is 2.19. The quantitative estimate of drug-likeness (QED) is 0.728. The molecule has 2 rings (SSSR count). The number of rotatable bonds is 6. The van der Waals surface area contributed by atoms with Crippen molar-refractivity contribution in [3.8, 4) is 0 Å². The van der Waals surface area contributed by atoms with Crippen LogP contribution in [0.5, 0.6) is 0 Å². The van der Waals surface area contributed by atoms with Crippen molar-refractivity contribution in [2.75, 3.05) is 16.3 Å². The molecule has 7 nitrogen and oxygen atoms in total. The SMILES string of the molecule is C[C@H](OC(=O)c1ccccc1NS(C)(=O)=O)C(=O)Nc1ccc(F)c(F)c1. The number of hydrogen-bond acceptors (Lipinski definition) is 5. The molecule has 2 aromatic carbocycles. The molecule has 0 bridgehead atoms. The fourth-order valence-electron chi connectivity index (χ4n) is 2.05. The molecule has 0 saturated heterocycles. The van der Waals surface area contributed by atoms with Crippen molar-refractivity contribution in [3.63, 3.8) is 0 Å². The summed E-state index contributed by atoms with van der Waals surface area (Å²) < 4.78 is 56.0. The molecule has 27 heavy (non-hydrogen) atoms. The van der Waals surface area contributed by atoms with Crippen LogP contribution < -0.4 is 10.0 Å². The minimum absolute atomic E-state index is 0.00165. The number of sulfonamides is 1. The number of benzene rings is 2. The van der Waals surface area contributed by atoms with E-state index in [4.69, 9.17) is 4.74 Å². The van der Waals surface area contributed by atoms with E-state index in [-0.39, 0.29) is 16.9 Å². The van der Waals surface area contributed by atoms with Crippen LogP contribution in [0, 0.1) is 11.6 Å². The van der Waals surface area contributed by atoms with Crippen LogP contribution in [0.4, 0.5) is 20.2 Å². The maximum absolute atomic E-state index is 13.2. The summed E-state index contributed by atoms with van der Waals surface area (Å²) >= 11 is 0. The first-order valence-electron chi connectivity index (χ1n) is 7.60. The van der Waals surface area contributed by atoms with Crippen LogP contribution >= 0.6 is 0 Å². The van der Waals surface area contributed by atoms with Crippen molar-refractivity contribution < 1.29 is 31.5 Å². The number of hydrogen-bond donors (Lipinski definition) is 2. The van der Waals surface area contributed by atoms with Crippen LogP contribution in [0.2, 0.25) is 0 Å². The summed E-state index contributed by atoms with van der Waals surface area (Å²) in [5.74, 6) is -3.92. The van der Waals surface area contributed by atoms with Crippen molar-refractivity contribution in [1.29, 1.82) is 0 Å². The number of nitrogens with one attached hydrogen (secondary N) is 2. The van der Waals surface area contributed by atoms with Crippen molar-refractivity contribution in [2.24, 2.45) is 0 Å². The number of esters is 1. The van der Waals surface area contributed by atoms with Gasteiger partial charge in [-0.15, -0.1) is 0 Å². The van der Waals surface area contributed by atoms with Crippen LogP contribution in [0.3, 0.4) is 0 Å². The molecule has 1 amide bonds. The second kappa shape index (κ2) is 8.12. The molecule has 2 aromatic rings. The van der Waals surface area contributed by atoms with E-state index in [1.807, 2.05) is 0 Å². The molecule has 0 fully saturated rings. The largest absolute Gasteiger partial charge is 0.449 e. The number of amides is 1. The number of carbonyl (C=O) groups excluding carboxylic acids is 2. The third-order valence-electron chi connectivity index (χ3n) is 3.28. The highest BCUT2D eigenvalue weighted by molar-refractivity contribution is 7.92. The van der Waals surface area contributed by atoms with Gasteiger partial charge in [0.2, 0.25) is 10.0 Å². The zero-order valence-electron chi connectivity index (χ0n) is 14.3. The van der Waals surface area contributed by atoms with Crippen molar-refractivity contribution in [3.05, 3.63) is 59.7 Å². The van der Waals surface area contributed by atoms with Crippen LogP contribution in [0.25, 0.3) is 0 Å². The van der Waals surface area contributed by atoms with Gasteiger partial charge in [-0.1, -0.05) is 12.1 Å². The Morgan fingerprint density at radius 3 is 2.37 bits per heavy atom. The predicted molar refractivity (Wildman–Crippen MR) is 94.8 cm³/mol. The molecule has 0 radical (unpaired) electrons. The number of halogens is 2. The fraction of sp³-hybridized carbons (Fsp3) is 0.176. The molecule has 0 heterocycles. The fourth-order valence-corrected chi connectivity index (χ4v) is 2.62. The highest BCUT2D eigenvalue weighted by atomic mass is 32.2. The lowest BCUT2D eigenvalue weighted by Gasteiger charge is -2.15. The van der Waals surface area contributed by atoms with E-state index in [1.54, 1.807) is 0 Å². The van der Waals surface area contributed by atoms with E-state index < -0.39 is 39.6 Å². The Morgan fingerprint density at radius 2 is 1.74 bits per heavy atom. The summed E-state index contributed by atoms with van der Waals surface area (Å²) in [6, 6.07) is 8.48. The van der Waals surface area contributed by atoms with Crippen molar-refractivity contribution in [1.82, 2.24) is 0 Å². The van der Waals surface area contributed by atoms with Gasteiger partial charge in [0.05, 0.1) is 17.5 Å². The second-order valence-corrected chi connectivity index (χ2v) is 7.33. The van der Waals surface area contributed by atoms with Crippen LogP contribution in [0.1, 0.15) is 17.3 Å². The molecule has 0 unspecified atom stereocenters. The van der Waals surface area contributed by atoms with Gasteiger partial charge in [0.25, 0.3) is 5.91 Å². The molecule has 0 aliphatic heterocycles. The maximum Gasteiger partial charge on any atom is 0.341 e. The average molecular weight is 398 g/mol. The Kier molecular flexibility index (Phi) is 6.11. The molecular weight excluding hydrogens is 382 g/mol. The summed E-state index contributed by atoms with van der Waals surface area (Å²) in [6.07, 6.45) is -0.357. The Morgan fingerprint density at radius 1 is 1.07 bits per heavy atom. The Labute approximate surface area is 154 Å². The van der Waals surface area contributed by atoms with E-state index in [1.165, 1.54) is 31.2 Å². The highest BCUT2D eigenvalue weighted by Gasteiger charge is 2.22. The summed E-state index contributed by atoms with van der Waals surface area (Å²) in [5.41, 5.74) is -0.102. The Hall–Kier alpha value is -3.01. The molecule has 0 saturated carbocycles. The minimum atomic E-state index is -3.63. The van der Waals surface area contributed by atoms with Gasteiger partial charge in [0, 0.05) is 11.8 Å². The first-order valence-corrected chi connectivity index (χ1v) is 9.49. The van der Waals surface area contributed by atoms with Gasteiger partial charge in [-0.2, -0.15) is 0 Å². The smallest absolute Gasteiger partial charge is 0.341 e. The number of ether oxygens (including phenoxy) is 1. The van der Waals surface area contributed by atoms with Gasteiger partial charge >= 0.3 is 5.97 Å². The van der Waals surface area contributed by atoms with E-state index in [9.17, 15) is 26.8 Å². The van der Waals surface area contributed by atoms with Gasteiger partial charge in [-0.3, -0.25) is 9.52 Å². The Bertz CT molecular complexity index is 979. The number of carbonyl (C=O) groups is 2. The van der Waals surface area contributed by atoms with Gasteiger partial charge in [0.1, 0.15) is 0 Å². The normalized spacial score (nSPS) is 12.1. The van der Waals surface area contributed by atoms with Crippen LogP contribution in [-0.4, -0.2) is 32.7 Å². The molecule has 0 spiro atoms. The summed E-state index contributed by atoms with van der Waals surface area (Å²) in [4.78, 5) is 24.3. The molecule has 10 heteroatoms. The third kappa shape index (κ3) is 5.74. The first kappa shape index (κ1) is 20.3. The number of para-hydroxylation sites is 1. The topological polar surface area (TPSA) is 102 Å². The Balaban J connectivity index is 2.09. The molecule has 0 aliphatic carbocycles. The average Bonchev–Trinajstić information content (AvgIpc) is 2.57. The molecule has 2 N–H and O–H groups in total. The lowest BCUT2D eigenvalue weighted by atomic mass is 10.2. The minimum Gasteiger partial charge on any atom is -0.449 e.